The second kappa shape index (κ2) is 7.01. The van der Waals surface area contributed by atoms with Gasteiger partial charge in [-0.3, -0.25) is 0 Å². The van der Waals surface area contributed by atoms with Gasteiger partial charge in [0.05, 0.1) is 4.08 Å². The molecule has 1 heterocycles. The van der Waals surface area contributed by atoms with Crippen LogP contribution in [0, 0.1) is 6.92 Å². The van der Waals surface area contributed by atoms with E-state index in [2.05, 4.69) is 85.9 Å². The molecule has 1 saturated heterocycles. The first-order valence-corrected chi connectivity index (χ1v) is 9.70. The Morgan fingerprint density at radius 3 is 2.23 bits per heavy atom. The van der Waals surface area contributed by atoms with Crippen LogP contribution in [0.5, 0.6) is 5.75 Å². The van der Waals surface area contributed by atoms with Crippen molar-refractivity contribution in [1.82, 2.24) is 0 Å². The fourth-order valence-electron chi connectivity index (χ4n) is 2.51. The molecule has 0 amide bonds. The molecule has 1 aliphatic rings. The topological polar surface area (TPSA) is 9.23 Å². The van der Waals surface area contributed by atoms with E-state index in [1.54, 1.807) is 0 Å². The summed E-state index contributed by atoms with van der Waals surface area (Å²) in [4.78, 5) is 0. The minimum absolute atomic E-state index is 0.202. The fraction of sp³-hybridized carbons (Fsp3) is 0.368. The van der Waals surface area contributed by atoms with E-state index >= 15 is 0 Å². The molecular weight excluding hydrogens is 308 g/mol. The number of ether oxygens (including phenoxy) is 1. The van der Waals surface area contributed by atoms with Gasteiger partial charge in [-0.15, -0.1) is 23.5 Å². The SMILES string of the molecule is Cc1ccc(COc2ccc(C3(C)SCCCS3)cc2)cc1. The summed E-state index contributed by atoms with van der Waals surface area (Å²) in [6.07, 6.45) is 1.32. The maximum absolute atomic E-state index is 5.89. The highest BCUT2D eigenvalue weighted by atomic mass is 32.2. The molecule has 3 heteroatoms. The van der Waals surface area contributed by atoms with E-state index in [1.165, 1.54) is 34.6 Å². The Morgan fingerprint density at radius 1 is 0.955 bits per heavy atom. The third kappa shape index (κ3) is 3.82. The molecule has 2 aromatic carbocycles. The molecule has 0 N–H and O–H groups in total. The summed E-state index contributed by atoms with van der Waals surface area (Å²) in [5.74, 6) is 3.46. The molecule has 22 heavy (non-hydrogen) atoms. The van der Waals surface area contributed by atoms with E-state index in [9.17, 15) is 0 Å². The van der Waals surface area contributed by atoms with Crippen molar-refractivity contribution in [1.29, 1.82) is 0 Å². The Hall–Kier alpha value is -1.06. The fourth-order valence-corrected chi connectivity index (χ4v) is 5.48. The summed E-state index contributed by atoms with van der Waals surface area (Å²) in [7, 11) is 0. The lowest BCUT2D eigenvalue weighted by Crippen LogP contribution is -2.18. The molecule has 0 unspecified atom stereocenters. The molecule has 3 rings (SSSR count). The quantitative estimate of drug-likeness (QED) is 0.720. The summed E-state index contributed by atoms with van der Waals surface area (Å²) >= 11 is 4.12. The van der Waals surface area contributed by atoms with Crippen LogP contribution in [0.15, 0.2) is 48.5 Å². The van der Waals surface area contributed by atoms with Crippen LogP contribution in [-0.2, 0) is 10.7 Å². The molecule has 0 bridgehead atoms. The highest BCUT2D eigenvalue weighted by Crippen LogP contribution is 2.49. The minimum atomic E-state index is 0.202. The number of thioether (sulfide) groups is 2. The monoisotopic (exact) mass is 330 g/mol. The summed E-state index contributed by atoms with van der Waals surface area (Å²) in [5, 5.41) is 0. The molecule has 0 aromatic heterocycles. The van der Waals surface area contributed by atoms with E-state index in [-0.39, 0.29) is 4.08 Å². The van der Waals surface area contributed by atoms with Gasteiger partial charge < -0.3 is 4.74 Å². The standard InChI is InChI=1S/C19H22OS2/c1-15-4-6-16(7-5-15)14-20-18-10-8-17(9-11-18)19(2)21-12-3-13-22-19/h4-11H,3,12-14H2,1-2H3. The lowest BCUT2D eigenvalue weighted by atomic mass is 10.1. The van der Waals surface area contributed by atoms with Gasteiger partial charge in [-0.25, -0.2) is 0 Å². The molecular formula is C19H22OS2. The van der Waals surface area contributed by atoms with Gasteiger partial charge in [0.1, 0.15) is 12.4 Å². The van der Waals surface area contributed by atoms with Crippen molar-refractivity contribution in [3.8, 4) is 5.75 Å². The van der Waals surface area contributed by atoms with Crippen LogP contribution in [0.25, 0.3) is 0 Å². The van der Waals surface area contributed by atoms with Crippen molar-refractivity contribution in [2.45, 2.75) is 31.0 Å². The molecule has 116 valence electrons. The third-order valence-electron chi connectivity index (χ3n) is 3.95. The first-order chi connectivity index (χ1) is 10.7. The second-order valence-corrected chi connectivity index (χ2v) is 9.08. The number of hydrogen-bond acceptors (Lipinski definition) is 3. The van der Waals surface area contributed by atoms with Crippen LogP contribution >= 0.6 is 23.5 Å². The van der Waals surface area contributed by atoms with E-state index < -0.39 is 0 Å². The predicted molar refractivity (Wildman–Crippen MR) is 98.8 cm³/mol. The minimum Gasteiger partial charge on any atom is -0.489 e. The van der Waals surface area contributed by atoms with Crippen molar-refractivity contribution in [2.24, 2.45) is 0 Å². The van der Waals surface area contributed by atoms with Crippen LogP contribution < -0.4 is 4.74 Å². The van der Waals surface area contributed by atoms with Crippen molar-refractivity contribution in [3.05, 3.63) is 65.2 Å². The van der Waals surface area contributed by atoms with E-state index in [0.717, 1.165) is 5.75 Å². The first kappa shape index (κ1) is 15.8. The Balaban J connectivity index is 1.62. The molecule has 1 nitrogen and oxygen atoms in total. The number of aryl methyl sites for hydroxylation is 1. The van der Waals surface area contributed by atoms with Crippen LogP contribution in [-0.4, -0.2) is 11.5 Å². The van der Waals surface area contributed by atoms with E-state index in [4.69, 9.17) is 4.74 Å². The third-order valence-corrected chi connectivity index (χ3v) is 7.21. The largest absolute Gasteiger partial charge is 0.489 e. The first-order valence-electron chi connectivity index (χ1n) is 7.72. The van der Waals surface area contributed by atoms with Gasteiger partial charge in [0.15, 0.2) is 0 Å². The number of rotatable bonds is 4. The zero-order valence-corrected chi connectivity index (χ0v) is 14.8. The van der Waals surface area contributed by atoms with Crippen molar-refractivity contribution in [2.75, 3.05) is 11.5 Å². The predicted octanol–water partition coefficient (Wildman–Crippen LogP) is 5.62. The maximum atomic E-state index is 5.89. The van der Waals surface area contributed by atoms with Crippen LogP contribution in [0.4, 0.5) is 0 Å². The van der Waals surface area contributed by atoms with Crippen molar-refractivity contribution < 1.29 is 4.74 Å². The number of benzene rings is 2. The second-order valence-electron chi connectivity index (χ2n) is 5.79. The van der Waals surface area contributed by atoms with Crippen LogP contribution in [0.2, 0.25) is 0 Å². The molecule has 0 spiro atoms. The molecule has 0 radical (unpaired) electrons. The molecule has 1 aliphatic heterocycles. The molecule has 1 fully saturated rings. The van der Waals surface area contributed by atoms with Crippen molar-refractivity contribution in [3.63, 3.8) is 0 Å². The summed E-state index contributed by atoms with van der Waals surface area (Å²) in [6.45, 7) is 5.06. The Kier molecular flexibility index (Phi) is 5.04. The van der Waals surface area contributed by atoms with Gasteiger partial charge in [0.2, 0.25) is 0 Å². The highest BCUT2D eigenvalue weighted by molar-refractivity contribution is 8.18. The summed E-state index contributed by atoms with van der Waals surface area (Å²) in [6, 6.07) is 17.1. The van der Waals surface area contributed by atoms with Crippen LogP contribution in [0.1, 0.15) is 30.0 Å². The molecule has 0 atom stereocenters. The highest BCUT2D eigenvalue weighted by Gasteiger charge is 2.30. The van der Waals surface area contributed by atoms with Gasteiger partial charge in [-0.2, -0.15) is 0 Å². The van der Waals surface area contributed by atoms with Crippen molar-refractivity contribution >= 4 is 23.5 Å². The smallest absolute Gasteiger partial charge is 0.119 e. The lowest BCUT2D eigenvalue weighted by Gasteiger charge is -2.32. The number of hydrogen-bond donors (Lipinski definition) is 0. The lowest BCUT2D eigenvalue weighted by molar-refractivity contribution is 0.306. The zero-order valence-electron chi connectivity index (χ0n) is 13.2. The molecule has 0 saturated carbocycles. The maximum Gasteiger partial charge on any atom is 0.119 e. The Morgan fingerprint density at radius 2 is 1.59 bits per heavy atom. The Bertz CT molecular complexity index is 598. The summed E-state index contributed by atoms with van der Waals surface area (Å²) < 4.78 is 6.10. The normalized spacial score (nSPS) is 17.2. The average molecular weight is 331 g/mol. The van der Waals surface area contributed by atoms with Gasteiger partial charge in [-0.1, -0.05) is 42.0 Å². The molecule has 0 aliphatic carbocycles. The molecule has 2 aromatic rings. The van der Waals surface area contributed by atoms with Gasteiger partial charge in [0, 0.05) is 0 Å². The Labute approximate surface area is 141 Å². The summed E-state index contributed by atoms with van der Waals surface area (Å²) in [5.41, 5.74) is 3.88. The van der Waals surface area contributed by atoms with E-state index in [0.29, 0.717) is 6.61 Å². The van der Waals surface area contributed by atoms with Gasteiger partial charge in [0.25, 0.3) is 0 Å². The average Bonchev–Trinajstić information content (AvgIpc) is 2.55. The van der Waals surface area contributed by atoms with Gasteiger partial charge in [-0.05, 0) is 55.0 Å². The van der Waals surface area contributed by atoms with E-state index in [1.807, 2.05) is 0 Å². The van der Waals surface area contributed by atoms with Gasteiger partial charge >= 0.3 is 0 Å². The zero-order chi connectivity index (χ0) is 15.4. The van der Waals surface area contributed by atoms with Crippen LogP contribution in [0.3, 0.4) is 0 Å².